The fraction of sp³-hybridized carbons (Fsp3) is 0.0769. The van der Waals surface area contributed by atoms with Crippen molar-refractivity contribution < 1.29 is 9.18 Å². The van der Waals surface area contributed by atoms with Crippen LogP contribution in [0.2, 0.25) is 5.02 Å². The molecule has 0 spiro atoms. The summed E-state index contributed by atoms with van der Waals surface area (Å²) >= 11 is 5.98. The Hall–Kier alpha value is -1.94. The monoisotopic (exact) mass is 264 g/mol. The minimum absolute atomic E-state index is 0.353. The summed E-state index contributed by atoms with van der Waals surface area (Å²) in [5, 5.41) is 2.97. The van der Waals surface area contributed by atoms with E-state index in [0.717, 1.165) is 5.56 Å². The summed E-state index contributed by atoms with van der Waals surface area (Å²) in [4.78, 5) is 15.4. The minimum atomic E-state index is -0.596. The van der Waals surface area contributed by atoms with Crippen molar-refractivity contribution in [3.8, 4) is 0 Å². The van der Waals surface area contributed by atoms with Crippen LogP contribution in [0.3, 0.4) is 0 Å². The van der Waals surface area contributed by atoms with Gasteiger partial charge in [0.1, 0.15) is 0 Å². The number of rotatable bonds is 2. The van der Waals surface area contributed by atoms with Crippen LogP contribution in [-0.2, 0) is 0 Å². The van der Waals surface area contributed by atoms with E-state index in [2.05, 4.69) is 10.3 Å². The van der Waals surface area contributed by atoms with Gasteiger partial charge in [0.25, 0.3) is 5.91 Å². The zero-order valence-corrected chi connectivity index (χ0v) is 10.3. The van der Waals surface area contributed by atoms with Gasteiger partial charge in [0.2, 0.25) is 5.95 Å². The number of benzene rings is 1. The Balaban J connectivity index is 2.19. The van der Waals surface area contributed by atoms with Crippen molar-refractivity contribution >= 4 is 23.2 Å². The summed E-state index contributed by atoms with van der Waals surface area (Å²) < 4.78 is 12.6. The van der Waals surface area contributed by atoms with Crippen LogP contribution in [0, 0.1) is 12.9 Å². The predicted octanol–water partition coefficient (Wildman–Crippen LogP) is 3.43. The molecule has 1 amide bonds. The van der Waals surface area contributed by atoms with Crippen LogP contribution in [0.5, 0.6) is 0 Å². The average Bonchev–Trinajstić information content (AvgIpc) is 2.32. The molecule has 1 aromatic carbocycles. The molecule has 5 heteroatoms. The number of pyridine rings is 1. The molecule has 0 bridgehead atoms. The van der Waals surface area contributed by atoms with E-state index in [9.17, 15) is 9.18 Å². The quantitative estimate of drug-likeness (QED) is 0.845. The Labute approximate surface area is 109 Å². The first kappa shape index (κ1) is 12.5. The summed E-state index contributed by atoms with van der Waals surface area (Å²) in [6.07, 6.45) is 1.25. The number of anilines is 1. The molecule has 0 aliphatic carbocycles. The molecule has 3 nitrogen and oxygen atoms in total. The molecule has 0 saturated heterocycles. The highest BCUT2D eigenvalue weighted by Crippen LogP contribution is 2.19. The maximum absolute atomic E-state index is 12.6. The number of aryl methyl sites for hydroxylation is 1. The first-order chi connectivity index (χ1) is 8.56. The van der Waals surface area contributed by atoms with Gasteiger partial charge in [-0.25, -0.2) is 4.98 Å². The summed E-state index contributed by atoms with van der Waals surface area (Å²) in [6, 6.07) is 7.75. The fourth-order valence-corrected chi connectivity index (χ4v) is 1.77. The van der Waals surface area contributed by atoms with Crippen LogP contribution in [-0.4, -0.2) is 10.9 Å². The number of amides is 1. The van der Waals surface area contributed by atoms with Gasteiger partial charge >= 0.3 is 0 Å². The molecule has 2 aromatic rings. The number of nitrogens with one attached hydrogen (secondary N) is 1. The first-order valence-corrected chi connectivity index (χ1v) is 5.63. The third kappa shape index (κ3) is 2.84. The number of nitrogens with zero attached hydrogens (tertiary/aromatic N) is 1. The Bertz CT molecular complexity index is 584. The van der Waals surface area contributed by atoms with Crippen molar-refractivity contribution in [3.05, 3.63) is 58.6 Å². The molecule has 1 aromatic heterocycles. The van der Waals surface area contributed by atoms with Crippen molar-refractivity contribution in [3.63, 3.8) is 0 Å². The van der Waals surface area contributed by atoms with Crippen molar-refractivity contribution in [2.45, 2.75) is 6.92 Å². The first-order valence-electron chi connectivity index (χ1n) is 5.25. The van der Waals surface area contributed by atoms with E-state index in [1.165, 1.54) is 18.3 Å². The standard InChI is InChI=1S/C13H10ClFN2O/c1-8-2-4-10(11(14)6-8)13(18)17-9-3-5-12(15)16-7-9/h2-7H,1H3,(H,17,18). The van der Waals surface area contributed by atoms with Crippen LogP contribution in [0.1, 0.15) is 15.9 Å². The van der Waals surface area contributed by atoms with Gasteiger partial charge in [-0.3, -0.25) is 4.79 Å². The van der Waals surface area contributed by atoms with Gasteiger partial charge in [-0.2, -0.15) is 4.39 Å². The predicted molar refractivity (Wildman–Crippen MR) is 68.3 cm³/mol. The second-order valence-corrected chi connectivity index (χ2v) is 4.21. The molecule has 2 rings (SSSR count). The molecule has 1 heterocycles. The molecular formula is C13H10ClFN2O. The van der Waals surface area contributed by atoms with Crippen LogP contribution in [0.15, 0.2) is 36.5 Å². The maximum Gasteiger partial charge on any atom is 0.257 e. The van der Waals surface area contributed by atoms with Gasteiger partial charge in [0, 0.05) is 0 Å². The second kappa shape index (κ2) is 5.14. The van der Waals surface area contributed by atoms with Gasteiger partial charge in [-0.15, -0.1) is 0 Å². The third-order valence-corrected chi connectivity index (χ3v) is 2.67. The van der Waals surface area contributed by atoms with Gasteiger partial charge in [0.15, 0.2) is 0 Å². The van der Waals surface area contributed by atoms with Crippen LogP contribution < -0.4 is 5.32 Å². The average molecular weight is 265 g/mol. The lowest BCUT2D eigenvalue weighted by Gasteiger charge is -2.06. The molecule has 18 heavy (non-hydrogen) atoms. The zero-order chi connectivity index (χ0) is 13.1. The van der Waals surface area contributed by atoms with Crippen molar-refractivity contribution in [2.24, 2.45) is 0 Å². The van der Waals surface area contributed by atoms with Gasteiger partial charge in [-0.05, 0) is 36.8 Å². The van der Waals surface area contributed by atoms with E-state index in [1.54, 1.807) is 18.2 Å². The topological polar surface area (TPSA) is 42.0 Å². The Morgan fingerprint density at radius 1 is 1.33 bits per heavy atom. The SMILES string of the molecule is Cc1ccc(C(=O)Nc2ccc(F)nc2)c(Cl)c1. The molecule has 0 unspecified atom stereocenters. The van der Waals surface area contributed by atoms with Crippen molar-refractivity contribution in [1.82, 2.24) is 4.98 Å². The normalized spacial score (nSPS) is 10.2. The van der Waals surface area contributed by atoms with Crippen LogP contribution in [0.25, 0.3) is 0 Å². The van der Waals surface area contributed by atoms with E-state index in [0.29, 0.717) is 16.3 Å². The Kier molecular flexibility index (Phi) is 3.58. The van der Waals surface area contributed by atoms with E-state index >= 15 is 0 Å². The molecule has 0 aliphatic heterocycles. The molecular weight excluding hydrogens is 255 g/mol. The lowest BCUT2D eigenvalue weighted by Crippen LogP contribution is -2.12. The Morgan fingerprint density at radius 2 is 2.11 bits per heavy atom. The molecule has 0 atom stereocenters. The largest absolute Gasteiger partial charge is 0.321 e. The number of carbonyl (C=O) groups excluding carboxylic acids is 1. The molecule has 92 valence electrons. The van der Waals surface area contributed by atoms with E-state index < -0.39 is 5.95 Å². The highest BCUT2D eigenvalue weighted by atomic mass is 35.5. The van der Waals surface area contributed by atoms with E-state index in [1.807, 2.05) is 6.92 Å². The van der Waals surface area contributed by atoms with Gasteiger partial charge < -0.3 is 5.32 Å². The van der Waals surface area contributed by atoms with E-state index in [-0.39, 0.29) is 5.91 Å². The number of hydrogen-bond donors (Lipinski definition) is 1. The molecule has 0 fully saturated rings. The highest BCUT2D eigenvalue weighted by molar-refractivity contribution is 6.34. The minimum Gasteiger partial charge on any atom is -0.321 e. The van der Waals surface area contributed by atoms with E-state index in [4.69, 9.17) is 11.6 Å². The summed E-state index contributed by atoms with van der Waals surface area (Å²) in [7, 11) is 0. The number of carbonyl (C=O) groups is 1. The fourth-order valence-electron chi connectivity index (χ4n) is 1.45. The van der Waals surface area contributed by atoms with Gasteiger partial charge in [0.05, 0.1) is 22.5 Å². The molecule has 0 saturated carbocycles. The number of hydrogen-bond acceptors (Lipinski definition) is 2. The maximum atomic E-state index is 12.6. The van der Waals surface area contributed by atoms with Crippen molar-refractivity contribution in [2.75, 3.05) is 5.32 Å². The summed E-state index contributed by atoms with van der Waals surface area (Å²) in [5.74, 6) is -0.949. The summed E-state index contributed by atoms with van der Waals surface area (Å²) in [6.45, 7) is 1.89. The number of aromatic nitrogens is 1. The zero-order valence-electron chi connectivity index (χ0n) is 9.58. The van der Waals surface area contributed by atoms with Gasteiger partial charge in [-0.1, -0.05) is 17.7 Å². The summed E-state index contributed by atoms with van der Waals surface area (Å²) in [5.41, 5.74) is 1.75. The highest BCUT2D eigenvalue weighted by Gasteiger charge is 2.10. The number of halogens is 2. The molecule has 0 aliphatic rings. The second-order valence-electron chi connectivity index (χ2n) is 3.81. The Morgan fingerprint density at radius 3 is 2.72 bits per heavy atom. The molecule has 1 N–H and O–H groups in total. The smallest absolute Gasteiger partial charge is 0.257 e. The lowest BCUT2D eigenvalue weighted by atomic mass is 10.1. The van der Waals surface area contributed by atoms with Crippen LogP contribution in [0.4, 0.5) is 10.1 Å². The lowest BCUT2D eigenvalue weighted by molar-refractivity contribution is 0.102. The van der Waals surface area contributed by atoms with Crippen LogP contribution >= 0.6 is 11.6 Å². The third-order valence-electron chi connectivity index (χ3n) is 2.35. The molecule has 0 radical (unpaired) electrons. The van der Waals surface area contributed by atoms with Crippen molar-refractivity contribution in [1.29, 1.82) is 0 Å².